The predicted molar refractivity (Wildman–Crippen MR) is 81.7 cm³/mol. The highest BCUT2D eigenvalue weighted by Gasteiger charge is 2.61. The molecule has 0 aromatic heterocycles. The van der Waals surface area contributed by atoms with Crippen LogP contribution in [0.5, 0.6) is 0 Å². The molecule has 0 unspecified atom stereocenters. The molecule has 0 saturated carbocycles. The number of alkyl halides is 1. The van der Waals surface area contributed by atoms with Crippen LogP contribution in [0.15, 0.2) is 15.3 Å². The summed E-state index contributed by atoms with van der Waals surface area (Å²) >= 11 is 5.76. The van der Waals surface area contributed by atoms with Gasteiger partial charge in [-0.3, -0.25) is 0 Å². The first-order valence-corrected chi connectivity index (χ1v) is 6.79. The van der Waals surface area contributed by atoms with Gasteiger partial charge in [-0.15, -0.1) is 11.6 Å². The molecule has 1 fully saturated rings. The fourth-order valence-electron chi connectivity index (χ4n) is 2.10. The number of nitrogens with one attached hydrogen (secondary N) is 2. The molecule has 12 nitrogen and oxygen atoms in total. The summed E-state index contributed by atoms with van der Waals surface area (Å²) in [6.45, 7) is 0.710. The number of rotatable bonds is 5. The summed E-state index contributed by atoms with van der Waals surface area (Å²) in [6, 6.07) is 0. The minimum Gasteiger partial charge on any atom is -0.408 e. The first kappa shape index (κ1) is 18.9. The summed E-state index contributed by atoms with van der Waals surface area (Å²) in [6.07, 6.45) is -2.00. The molecule has 1 aliphatic rings. The number of hydrogen-bond donors (Lipinski definition) is 6. The minimum atomic E-state index is -1.60. The Morgan fingerprint density at radius 1 is 1.65 bits per heavy atom. The fraction of sp³-hybridized carbons (Fsp3) is 0.700. The van der Waals surface area contributed by atoms with E-state index in [1.807, 2.05) is 0 Å². The van der Waals surface area contributed by atoms with Crippen LogP contribution in [-0.4, -0.2) is 69.4 Å². The van der Waals surface area contributed by atoms with Crippen LogP contribution in [0.2, 0.25) is 0 Å². The van der Waals surface area contributed by atoms with Crippen LogP contribution in [0.1, 0.15) is 6.92 Å². The zero-order chi connectivity index (χ0) is 17.7. The number of halogens is 1. The molecule has 1 aliphatic heterocycles. The molecule has 1 heterocycles. The number of oxime groups is 1. The van der Waals surface area contributed by atoms with E-state index in [4.69, 9.17) is 38.2 Å². The number of amidine groups is 1. The number of hydrogen-bond acceptors (Lipinski definition) is 7. The number of aliphatic hydroxyl groups is 2. The Hall–Kier alpha value is -2.11. The molecule has 7 N–H and O–H groups in total. The van der Waals surface area contributed by atoms with E-state index in [1.165, 1.54) is 6.92 Å². The lowest BCUT2D eigenvalue weighted by Gasteiger charge is -2.30. The van der Waals surface area contributed by atoms with Crippen LogP contribution < -0.4 is 11.1 Å². The Morgan fingerprint density at radius 2 is 2.30 bits per heavy atom. The van der Waals surface area contributed by atoms with Crippen molar-refractivity contribution in [1.82, 2.24) is 5.32 Å². The molecule has 23 heavy (non-hydrogen) atoms. The van der Waals surface area contributed by atoms with Crippen LogP contribution >= 0.6 is 11.6 Å². The van der Waals surface area contributed by atoms with Crippen molar-refractivity contribution in [2.24, 2.45) is 21.0 Å². The molecule has 0 radical (unpaired) electrons. The van der Waals surface area contributed by atoms with Crippen LogP contribution in [-0.2, 0) is 4.74 Å². The Bertz CT molecular complexity index is 559. The van der Waals surface area contributed by atoms with Crippen molar-refractivity contribution in [3.63, 3.8) is 0 Å². The maximum Gasteiger partial charge on any atom is 0.263 e. The normalized spacial score (nSPS) is 34.8. The lowest BCUT2D eigenvalue weighted by Crippen LogP contribution is -2.53. The highest BCUT2D eigenvalue weighted by molar-refractivity contribution is 6.29. The summed E-state index contributed by atoms with van der Waals surface area (Å²) < 4.78 is 5.51. The van der Waals surface area contributed by atoms with E-state index in [9.17, 15) is 10.2 Å². The van der Waals surface area contributed by atoms with E-state index in [2.05, 4.69) is 25.5 Å². The summed E-state index contributed by atoms with van der Waals surface area (Å²) in [5, 5.41) is 44.6. The molecular weight excluding hydrogens is 332 g/mol. The van der Waals surface area contributed by atoms with E-state index in [0.29, 0.717) is 6.21 Å². The van der Waals surface area contributed by atoms with Gasteiger partial charge in [-0.1, -0.05) is 5.11 Å². The zero-order valence-electron chi connectivity index (χ0n) is 12.1. The number of nitrogens with zero attached hydrogens (tertiary/aromatic N) is 5. The summed E-state index contributed by atoms with van der Waals surface area (Å²) in [5.41, 5.74) is 10.9. The van der Waals surface area contributed by atoms with Gasteiger partial charge in [0.05, 0.1) is 18.7 Å². The third kappa shape index (κ3) is 3.46. The van der Waals surface area contributed by atoms with Crippen molar-refractivity contribution in [3.05, 3.63) is 10.4 Å². The lowest BCUT2D eigenvalue weighted by molar-refractivity contribution is -0.0986. The predicted octanol–water partition coefficient (Wildman–Crippen LogP) is -0.916. The molecule has 1 saturated heterocycles. The fourth-order valence-corrected chi connectivity index (χ4v) is 2.39. The monoisotopic (exact) mass is 348 g/mol. The Kier molecular flexibility index (Phi) is 6.12. The van der Waals surface area contributed by atoms with E-state index in [1.54, 1.807) is 0 Å². The molecule has 0 aromatic rings. The van der Waals surface area contributed by atoms with Gasteiger partial charge in [0.2, 0.25) is 0 Å². The second-order valence-corrected chi connectivity index (χ2v) is 5.19. The highest BCUT2D eigenvalue weighted by Crippen LogP contribution is 2.40. The van der Waals surface area contributed by atoms with Crippen molar-refractivity contribution in [3.8, 4) is 0 Å². The smallest absolute Gasteiger partial charge is 0.263 e. The summed E-state index contributed by atoms with van der Waals surface area (Å²) in [7, 11) is 0. The molecule has 0 amide bonds. The van der Waals surface area contributed by atoms with Crippen LogP contribution in [0.25, 0.3) is 10.4 Å². The number of guanidine groups is 1. The van der Waals surface area contributed by atoms with Crippen LogP contribution in [0.4, 0.5) is 0 Å². The third-order valence-corrected chi connectivity index (χ3v) is 3.88. The molecule has 0 spiro atoms. The quantitative estimate of drug-likeness (QED) is 0.0541. The third-order valence-electron chi connectivity index (χ3n) is 3.43. The number of ether oxygens (including phenoxy) is 1. The maximum absolute atomic E-state index is 10.4. The van der Waals surface area contributed by atoms with Crippen molar-refractivity contribution >= 4 is 29.6 Å². The van der Waals surface area contributed by atoms with Gasteiger partial charge in [-0.2, -0.15) is 4.99 Å². The number of nitrogens with two attached hydrogens (primary N) is 1. The van der Waals surface area contributed by atoms with E-state index >= 15 is 0 Å². The number of aliphatic imine (C=N–C) groups is 1. The van der Waals surface area contributed by atoms with Crippen molar-refractivity contribution in [2.75, 3.05) is 12.5 Å². The van der Waals surface area contributed by atoms with Crippen molar-refractivity contribution < 1.29 is 20.2 Å². The van der Waals surface area contributed by atoms with Crippen molar-refractivity contribution in [1.29, 1.82) is 5.41 Å². The summed E-state index contributed by atoms with van der Waals surface area (Å²) in [4.78, 5) is 6.23. The van der Waals surface area contributed by atoms with Gasteiger partial charge >= 0.3 is 0 Å². The standard InChI is InChI=1S/C10H17ClN8O4/c1-9(18-19-14)6(21)10(3-11,4-20)23-7(9)16-8(17-22)15-5(13)2-12/h2,6-7,12,20-22H,3-4H2,1H3,(H3,13,15,16,17)/t6-,7+,9+,10+/m0/s1. The first-order chi connectivity index (χ1) is 10.8. The molecule has 0 aliphatic carbocycles. The molecule has 0 aromatic carbocycles. The SMILES string of the molecule is C[C@]1(N=[N+]=[N-])[C@H](NC(=N/O)/N=C(/N)C=N)O[C@@](CO)(CCl)[C@H]1O. The van der Waals surface area contributed by atoms with Crippen LogP contribution in [0.3, 0.4) is 0 Å². The van der Waals surface area contributed by atoms with E-state index in [0.717, 1.165) is 0 Å². The second-order valence-electron chi connectivity index (χ2n) is 4.92. The molecule has 13 heteroatoms. The highest BCUT2D eigenvalue weighted by atomic mass is 35.5. The largest absolute Gasteiger partial charge is 0.408 e. The van der Waals surface area contributed by atoms with Crippen LogP contribution in [0, 0.1) is 5.41 Å². The van der Waals surface area contributed by atoms with Gasteiger partial charge in [0.25, 0.3) is 5.96 Å². The first-order valence-electron chi connectivity index (χ1n) is 6.25. The van der Waals surface area contributed by atoms with Gasteiger partial charge in [0.1, 0.15) is 29.3 Å². The molecule has 0 bridgehead atoms. The van der Waals surface area contributed by atoms with Gasteiger partial charge in [-0.05, 0) is 17.6 Å². The molecule has 1 rings (SSSR count). The van der Waals surface area contributed by atoms with Crippen molar-refractivity contribution in [2.45, 2.75) is 30.4 Å². The molecule has 4 atom stereocenters. The average molecular weight is 349 g/mol. The van der Waals surface area contributed by atoms with E-state index < -0.39 is 36.0 Å². The summed E-state index contributed by atoms with van der Waals surface area (Å²) in [5.74, 6) is -1.03. The van der Waals surface area contributed by atoms with Gasteiger partial charge < -0.3 is 36.6 Å². The van der Waals surface area contributed by atoms with Gasteiger partial charge in [-0.25, -0.2) is 0 Å². The Balaban J connectivity index is 3.22. The minimum absolute atomic E-state index is 0.278. The maximum atomic E-state index is 10.4. The average Bonchev–Trinajstić information content (AvgIpc) is 2.76. The zero-order valence-corrected chi connectivity index (χ0v) is 12.8. The Labute approximate surface area is 135 Å². The van der Waals surface area contributed by atoms with E-state index in [-0.39, 0.29) is 11.7 Å². The second kappa shape index (κ2) is 7.44. The molecule has 128 valence electrons. The van der Waals surface area contributed by atoms with Gasteiger partial charge in [0, 0.05) is 4.91 Å². The number of aliphatic hydroxyl groups excluding tert-OH is 2. The molecular formula is C10H17ClN8O4. The lowest BCUT2D eigenvalue weighted by atomic mass is 9.86. The topological polar surface area (TPSA) is 205 Å². The van der Waals surface area contributed by atoms with Gasteiger partial charge in [0.15, 0.2) is 0 Å². The Morgan fingerprint density at radius 3 is 2.74 bits per heavy atom. The number of azide groups is 1.